The zero-order chi connectivity index (χ0) is 15.4. The van der Waals surface area contributed by atoms with Crippen LogP contribution in [0.25, 0.3) is 0 Å². The van der Waals surface area contributed by atoms with Crippen molar-refractivity contribution in [2.24, 2.45) is 0 Å². The average molecular weight is 311 g/mol. The number of hydrogen-bond donors (Lipinski definition) is 2. The quantitative estimate of drug-likeness (QED) is 0.878. The number of halogens is 1. The second-order valence-corrected chi connectivity index (χ2v) is 5.81. The monoisotopic (exact) mass is 310 g/mol. The van der Waals surface area contributed by atoms with Gasteiger partial charge in [-0.1, -0.05) is 29.8 Å². The minimum atomic E-state index is -0.905. The van der Waals surface area contributed by atoms with E-state index in [1.165, 1.54) is 4.90 Å². The Labute approximate surface area is 128 Å². The third-order valence-electron chi connectivity index (χ3n) is 3.82. The molecule has 1 saturated carbocycles. The van der Waals surface area contributed by atoms with Gasteiger partial charge in [-0.05, 0) is 30.4 Å². The smallest absolute Gasteiger partial charge is 0.317 e. The maximum atomic E-state index is 11.9. The Morgan fingerprint density at radius 1 is 1.38 bits per heavy atom. The Balaban J connectivity index is 1.76. The van der Waals surface area contributed by atoms with Gasteiger partial charge in [-0.2, -0.15) is 0 Å². The lowest BCUT2D eigenvalue weighted by Crippen LogP contribution is -2.48. The van der Waals surface area contributed by atoms with Crippen LogP contribution in [0.5, 0.6) is 0 Å². The van der Waals surface area contributed by atoms with Gasteiger partial charge in [0.2, 0.25) is 0 Å². The lowest BCUT2D eigenvalue weighted by molar-refractivity contribution is -0.137. The zero-order valence-corrected chi connectivity index (χ0v) is 12.6. The molecule has 1 fully saturated rings. The highest BCUT2D eigenvalue weighted by atomic mass is 35.5. The molecule has 0 aromatic heterocycles. The van der Waals surface area contributed by atoms with Crippen molar-refractivity contribution in [1.29, 1.82) is 0 Å². The molecule has 2 rings (SSSR count). The molecule has 0 unspecified atom stereocenters. The van der Waals surface area contributed by atoms with Gasteiger partial charge in [0.25, 0.3) is 0 Å². The van der Waals surface area contributed by atoms with E-state index in [-0.39, 0.29) is 25.0 Å². The molecule has 6 heteroatoms. The second kappa shape index (κ2) is 6.80. The topological polar surface area (TPSA) is 69.6 Å². The first-order valence-electron chi connectivity index (χ1n) is 6.95. The van der Waals surface area contributed by atoms with Crippen molar-refractivity contribution in [2.45, 2.75) is 31.2 Å². The van der Waals surface area contributed by atoms with E-state index < -0.39 is 5.97 Å². The standard InChI is InChI=1S/C15H19ClN2O3/c1-18(7-6-14(19)20)15(21)17-11-8-10(9-11)12-4-2-3-5-13(12)16/h2-5,10-11H,6-9H2,1H3,(H,17,21)(H,19,20). The molecule has 1 aromatic rings. The summed E-state index contributed by atoms with van der Waals surface area (Å²) in [6.07, 6.45) is 1.68. The molecule has 0 saturated heterocycles. The lowest BCUT2D eigenvalue weighted by Gasteiger charge is -2.37. The molecule has 21 heavy (non-hydrogen) atoms. The van der Waals surface area contributed by atoms with Crippen LogP contribution in [0.15, 0.2) is 24.3 Å². The lowest BCUT2D eigenvalue weighted by atomic mass is 9.76. The van der Waals surface area contributed by atoms with E-state index in [4.69, 9.17) is 16.7 Å². The number of carboxylic acids is 1. The van der Waals surface area contributed by atoms with Crippen LogP contribution in [0, 0.1) is 0 Å². The van der Waals surface area contributed by atoms with E-state index in [0.29, 0.717) is 5.92 Å². The maximum absolute atomic E-state index is 11.9. The van der Waals surface area contributed by atoms with Crippen LogP contribution in [0.3, 0.4) is 0 Å². The molecule has 0 atom stereocenters. The number of nitrogens with zero attached hydrogens (tertiary/aromatic N) is 1. The summed E-state index contributed by atoms with van der Waals surface area (Å²) in [6.45, 7) is 0.210. The van der Waals surface area contributed by atoms with Gasteiger partial charge < -0.3 is 15.3 Å². The van der Waals surface area contributed by atoms with Crippen LogP contribution < -0.4 is 5.32 Å². The Bertz CT molecular complexity index is 529. The number of rotatable bonds is 5. The maximum Gasteiger partial charge on any atom is 0.317 e. The van der Waals surface area contributed by atoms with E-state index in [2.05, 4.69) is 5.32 Å². The van der Waals surface area contributed by atoms with Crippen LogP contribution in [-0.4, -0.2) is 41.6 Å². The highest BCUT2D eigenvalue weighted by Crippen LogP contribution is 2.39. The van der Waals surface area contributed by atoms with Crippen molar-refractivity contribution in [3.8, 4) is 0 Å². The van der Waals surface area contributed by atoms with E-state index >= 15 is 0 Å². The fourth-order valence-electron chi connectivity index (χ4n) is 2.45. The minimum Gasteiger partial charge on any atom is -0.481 e. The van der Waals surface area contributed by atoms with Crippen LogP contribution in [-0.2, 0) is 4.79 Å². The summed E-state index contributed by atoms with van der Waals surface area (Å²) in [6, 6.07) is 7.67. The first-order chi connectivity index (χ1) is 9.97. The van der Waals surface area contributed by atoms with E-state index in [9.17, 15) is 9.59 Å². The summed E-state index contributed by atoms with van der Waals surface area (Å²) in [7, 11) is 1.60. The van der Waals surface area contributed by atoms with Crippen molar-refractivity contribution >= 4 is 23.6 Å². The summed E-state index contributed by atoms with van der Waals surface area (Å²) in [5.41, 5.74) is 1.13. The van der Waals surface area contributed by atoms with Gasteiger partial charge >= 0.3 is 12.0 Å². The summed E-state index contributed by atoms with van der Waals surface area (Å²) in [4.78, 5) is 23.7. The van der Waals surface area contributed by atoms with Gasteiger partial charge in [-0.3, -0.25) is 4.79 Å². The average Bonchev–Trinajstić information content (AvgIpc) is 2.40. The van der Waals surface area contributed by atoms with Gasteiger partial charge in [0, 0.05) is 24.7 Å². The third kappa shape index (κ3) is 4.11. The van der Waals surface area contributed by atoms with Gasteiger partial charge in [-0.25, -0.2) is 4.79 Å². The van der Waals surface area contributed by atoms with Gasteiger partial charge in [0.05, 0.1) is 6.42 Å². The van der Waals surface area contributed by atoms with Gasteiger partial charge in [0.1, 0.15) is 0 Å². The largest absolute Gasteiger partial charge is 0.481 e. The summed E-state index contributed by atoms with van der Waals surface area (Å²) in [5.74, 6) is -0.523. The molecule has 0 bridgehead atoms. The number of carboxylic acid groups (broad SMARTS) is 1. The van der Waals surface area contributed by atoms with Crippen molar-refractivity contribution in [2.75, 3.05) is 13.6 Å². The van der Waals surface area contributed by atoms with Crippen molar-refractivity contribution < 1.29 is 14.7 Å². The molecule has 0 radical (unpaired) electrons. The Kier molecular flexibility index (Phi) is 5.07. The van der Waals surface area contributed by atoms with Crippen molar-refractivity contribution in [1.82, 2.24) is 10.2 Å². The SMILES string of the molecule is CN(CCC(=O)O)C(=O)NC1CC(c2ccccc2Cl)C1. The molecule has 1 aromatic carbocycles. The molecule has 1 aliphatic carbocycles. The molecule has 5 nitrogen and oxygen atoms in total. The van der Waals surface area contributed by atoms with E-state index in [0.717, 1.165) is 23.4 Å². The number of amides is 2. The van der Waals surface area contributed by atoms with Crippen LogP contribution in [0.1, 0.15) is 30.7 Å². The second-order valence-electron chi connectivity index (χ2n) is 5.40. The predicted molar refractivity (Wildman–Crippen MR) is 80.6 cm³/mol. The predicted octanol–water partition coefficient (Wildman–Crippen LogP) is 2.70. The summed E-state index contributed by atoms with van der Waals surface area (Å²) < 4.78 is 0. The third-order valence-corrected chi connectivity index (χ3v) is 4.16. The van der Waals surface area contributed by atoms with Crippen molar-refractivity contribution in [3.63, 3.8) is 0 Å². The highest BCUT2D eigenvalue weighted by molar-refractivity contribution is 6.31. The number of nitrogens with one attached hydrogen (secondary N) is 1. The van der Waals surface area contributed by atoms with Crippen molar-refractivity contribution in [3.05, 3.63) is 34.9 Å². The van der Waals surface area contributed by atoms with Gasteiger partial charge in [-0.15, -0.1) is 0 Å². The molecule has 2 N–H and O–H groups in total. The fourth-order valence-corrected chi connectivity index (χ4v) is 2.74. The first kappa shape index (κ1) is 15.6. The fraction of sp³-hybridized carbons (Fsp3) is 0.467. The molecule has 0 spiro atoms. The molecule has 114 valence electrons. The number of carbonyl (C=O) groups is 2. The van der Waals surface area contributed by atoms with Crippen LogP contribution >= 0.6 is 11.6 Å². The Morgan fingerprint density at radius 3 is 2.67 bits per heavy atom. The van der Waals surface area contributed by atoms with Gasteiger partial charge in [0.15, 0.2) is 0 Å². The number of carbonyl (C=O) groups excluding carboxylic acids is 1. The summed E-state index contributed by atoms with van der Waals surface area (Å²) in [5, 5.41) is 12.3. The Hall–Kier alpha value is -1.75. The molecular weight excluding hydrogens is 292 g/mol. The first-order valence-corrected chi connectivity index (χ1v) is 7.33. The minimum absolute atomic E-state index is 0.0448. The van der Waals surface area contributed by atoms with Crippen LogP contribution in [0.4, 0.5) is 4.79 Å². The highest BCUT2D eigenvalue weighted by Gasteiger charge is 2.32. The normalized spacial score (nSPS) is 20.5. The molecule has 0 aliphatic heterocycles. The number of aliphatic carboxylic acids is 1. The number of urea groups is 1. The molecular formula is C15H19ClN2O3. The molecule has 2 amide bonds. The number of benzene rings is 1. The van der Waals surface area contributed by atoms with Crippen LogP contribution in [0.2, 0.25) is 5.02 Å². The van der Waals surface area contributed by atoms with E-state index in [1.807, 2.05) is 24.3 Å². The molecule has 0 heterocycles. The molecule has 1 aliphatic rings. The Morgan fingerprint density at radius 2 is 2.05 bits per heavy atom. The summed E-state index contributed by atoms with van der Waals surface area (Å²) >= 11 is 6.16. The number of hydrogen-bond acceptors (Lipinski definition) is 2. The van der Waals surface area contributed by atoms with E-state index in [1.54, 1.807) is 7.05 Å². The zero-order valence-electron chi connectivity index (χ0n) is 11.9.